The Morgan fingerprint density at radius 1 is 1.09 bits per heavy atom. The maximum Gasteiger partial charge on any atom is 0.208 e. The standard InChI is InChI=1S/C14H7N9/c15-7-22-11(5-17-20-22)14-19-18-13-9-3-1-2-4-10(9)21-8-16-6-12(21)23(13)14/h1-6,8H. The van der Waals surface area contributed by atoms with E-state index in [1.54, 1.807) is 12.5 Å². The van der Waals surface area contributed by atoms with Crippen LogP contribution in [0.4, 0.5) is 0 Å². The van der Waals surface area contributed by atoms with Gasteiger partial charge < -0.3 is 0 Å². The number of rotatable bonds is 1. The molecule has 108 valence electrons. The molecule has 0 unspecified atom stereocenters. The Balaban J connectivity index is 2.04. The van der Waals surface area contributed by atoms with Gasteiger partial charge in [-0.2, -0.15) is 5.26 Å². The van der Waals surface area contributed by atoms with Gasteiger partial charge in [0.25, 0.3) is 0 Å². The van der Waals surface area contributed by atoms with Gasteiger partial charge in [0.15, 0.2) is 11.5 Å². The van der Waals surface area contributed by atoms with Crippen LogP contribution in [-0.2, 0) is 0 Å². The van der Waals surface area contributed by atoms with Crippen molar-refractivity contribution in [2.75, 3.05) is 0 Å². The van der Waals surface area contributed by atoms with Crippen molar-refractivity contribution < 1.29 is 0 Å². The summed E-state index contributed by atoms with van der Waals surface area (Å²) in [5.74, 6) is 0.489. The number of imidazole rings is 1. The monoisotopic (exact) mass is 301 g/mol. The fourth-order valence-electron chi connectivity index (χ4n) is 2.81. The van der Waals surface area contributed by atoms with E-state index in [-0.39, 0.29) is 0 Å². The second kappa shape index (κ2) is 4.11. The lowest BCUT2D eigenvalue weighted by Gasteiger charge is -2.06. The van der Waals surface area contributed by atoms with E-state index in [1.807, 2.05) is 39.3 Å². The van der Waals surface area contributed by atoms with Crippen LogP contribution in [0.5, 0.6) is 0 Å². The van der Waals surface area contributed by atoms with Crippen molar-refractivity contribution >= 4 is 22.2 Å². The summed E-state index contributed by atoms with van der Waals surface area (Å²) >= 11 is 0. The van der Waals surface area contributed by atoms with Crippen molar-refractivity contribution in [2.24, 2.45) is 0 Å². The number of nitriles is 1. The minimum atomic E-state index is 0.471. The van der Waals surface area contributed by atoms with E-state index in [0.717, 1.165) is 21.2 Å². The van der Waals surface area contributed by atoms with Crippen LogP contribution >= 0.6 is 0 Å². The lowest BCUT2D eigenvalue weighted by molar-refractivity contribution is 0.815. The van der Waals surface area contributed by atoms with Crippen molar-refractivity contribution in [3.05, 3.63) is 43.0 Å². The van der Waals surface area contributed by atoms with Crippen LogP contribution in [0.1, 0.15) is 0 Å². The molecule has 0 radical (unpaired) electrons. The Hall–Kier alpha value is -3.80. The molecule has 0 saturated heterocycles. The largest absolute Gasteiger partial charge is 0.284 e. The van der Waals surface area contributed by atoms with Gasteiger partial charge in [-0.05, 0) is 12.1 Å². The lowest BCUT2D eigenvalue weighted by Crippen LogP contribution is -2.01. The van der Waals surface area contributed by atoms with E-state index >= 15 is 0 Å². The van der Waals surface area contributed by atoms with Gasteiger partial charge in [0.1, 0.15) is 17.7 Å². The molecule has 0 spiro atoms. The zero-order valence-corrected chi connectivity index (χ0v) is 11.6. The molecule has 0 aliphatic heterocycles. The summed E-state index contributed by atoms with van der Waals surface area (Å²) in [5, 5.41) is 26.1. The van der Waals surface area contributed by atoms with Gasteiger partial charge >= 0.3 is 0 Å². The minimum absolute atomic E-state index is 0.471. The van der Waals surface area contributed by atoms with Crippen LogP contribution in [0.2, 0.25) is 0 Å². The summed E-state index contributed by atoms with van der Waals surface area (Å²) in [6.07, 6.45) is 6.90. The molecular formula is C14H7N9. The Morgan fingerprint density at radius 2 is 2.00 bits per heavy atom. The summed E-state index contributed by atoms with van der Waals surface area (Å²) in [5.41, 5.74) is 2.94. The Morgan fingerprint density at radius 3 is 2.91 bits per heavy atom. The zero-order chi connectivity index (χ0) is 15.4. The van der Waals surface area contributed by atoms with Gasteiger partial charge in [-0.1, -0.05) is 17.3 Å². The van der Waals surface area contributed by atoms with Crippen LogP contribution in [0, 0.1) is 11.5 Å². The molecule has 9 heteroatoms. The number of benzene rings is 1. The second-order valence-electron chi connectivity index (χ2n) is 4.95. The molecular weight excluding hydrogens is 294 g/mol. The van der Waals surface area contributed by atoms with Gasteiger partial charge in [0.2, 0.25) is 6.19 Å². The van der Waals surface area contributed by atoms with Gasteiger partial charge in [0, 0.05) is 5.39 Å². The third-order valence-corrected chi connectivity index (χ3v) is 3.79. The fraction of sp³-hybridized carbons (Fsp3) is 0. The topological polar surface area (TPSA) is 102 Å². The first kappa shape index (κ1) is 11.8. The third-order valence-electron chi connectivity index (χ3n) is 3.79. The molecule has 0 fully saturated rings. The van der Waals surface area contributed by atoms with E-state index in [4.69, 9.17) is 5.26 Å². The van der Waals surface area contributed by atoms with Gasteiger partial charge in [-0.15, -0.1) is 20.0 Å². The SMILES string of the molecule is N#Cn1nncc1-c1nnc2c3ccccc3n3cncc3n12. The van der Waals surface area contributed by atoms with Crippen LogP contribution < -0.4 is 0 Å². The number of hydrogen-bond acceptors (Lipinski definition) is 6. The Bertz CT molecular complexity index is 1230. The van der Waals surface area contributed by atoms with E-state index in [2.05, 4.69) is 25.5 Å². The summed E-state index contributed by atoms with van der Waals surface area (Å²) < 4.78 is 4.91. The molecule has 5 aromatic rings. The van der Waals surface area contributed by atoms with E-state index in [1.165, 1.54) is 6.20 Å². The second-order valence-corrected chi connectivity index (χ2v) is 4.95. The Kier molecular flexibility index (Phi) is 2.11. The molecule has 9 nitrogen and oxygen atoms in total. The van der Waals surface area contributed by atoms with E-state index < -0.39 is 0 Å². The van der Waals surface area contributed by atoms with Gasteiger partial charge in [-0.25, -0.2) is 4.98 Å². The van der Waals surface area contributed by atoms with Crippen LogP contribution in [0.3, 0.4) is 0 Å². The first-order valence-electron chi connectivity index (χ1n) is 6.77. The predicted octanol–water partition coefficient (Wildman–Crippen LogP) is 1.12. The van der Waals surface area contributed by atoms with E-state index in [0.29, 0.717) is 17.2 Å². The Labute approximate surface area is 128 Å². The van der Waals surface area contributed by atoms with Crippen LogP contribution in [0.15, 0.2) is 43.0 Å². The summed E-state index contributed by atoms with van der Waals surface area (Å²) in [6.45, 7) is 0. The van der Waals surface area contributed by atoms with Crippen molar-refractivity contribution in [3.63, 3.8) is 0 Å². The van der Waals surface area contributed by atoms with Gasteiger partial charge in [0.05, 0.1) is 17.9 Å². The highest BCUT2D eigenvalue weighted by Gasteiger charge is 2.19. The number of aromatic nitrogens is 8. The molecule has 0 atom stereocenters. The van der Waals surface area contributed by atoms with Crippen LogP contribution in [-0.4, -0.2) is 39.0 Å². The van der Waals surface area contributed by atoms with E-state index in [9.17, 15) is 0 Å². The first-order chi connectivity index (χ1) is 11.4. The maximum atomic E-state index is 9.16. The first-order valence-corrected chi connectivity index (χ1v) is 6.77. The van der Waals surface area contributed by atoms with Crippen molar-refractivity contribution in [1.29, 1.82) is 5.26 Å². The minimum Gasteiger partial charge on any atom is -0.284 e. The molecule has 0 amide bonds. The predicted molar refractivity (Wildman–Crippen MR) is 79.3 cm³/mol. The number of hydrogen-bond donors (Lipinski definition) is 0. The summed E-state index contributed by atoms with van der Waals surface area (Å²) in [4.78, 5) is 4.23. The molecule has 1 aromatic carbocycles. The molecule has 0 N–H and O–H groups in total. The van der Waals surface area contributed by atoms with Crippen LogP contribution in [0.25, 0.3) is 33.7 Å². The average molecular weight is 301 g/mol. The maximum absolute atomic E-state index is 9.16. The van der Waals surface area contributed by atoms with Crippen molar-refractivity contribution in [3.8, 4) is 17.7 Å². The number of fused-ring (bicyclic) bond motifs is 6. The highest BCUT2D eigenvalue weighted by atomic mass is 15.4. The molecule has 0 bridgehead atoms. The molecule has 0 saturated carbocycles. The molecule has 0 aliphatic carbocycles. The highest BCUT2D eigenvalue weighted by molar-refractivity contribution is 5.94. The normalized spacial score (nSPS) is 11.4. The number of nitrogens with zero attached hydrogens (tertiary/aromatic N) is 9. The van der Waals surface area contributed by atoms with Gasteiger partial charge in [-0.3, -0.25) is 8.80 Å². The molecule has 23 heavy (non-hydrogen) atoms. The quantitative estimate of drug-likeness (QED) is 0.459. The van der Waals surface area contributed by atoms with Crippen molar-refractivity contribution in [2.45, 2.75) is 0 Å². The molecule has 4 heterocycles. The molecule has 0 aliphatic rings. The third kappa shape index (κ3) is 1.41. The summed E-state index contributed by atoms with van der Waals surface area (Å²) in [6, 6.07) is 7.88. The number of para-hydroxylation sites is 1. The fourth-order valence-corrected chi connectivity index (χ4v) is 2.81. The summed E-state index contributed by atoms with van der Waals surface area (Å²) in [7, 11) is 0. The van der Waals surface area contributed by atoms with Crippen molar-refractivity contribution in [1.82, 2.24) is 39.0 Å². The highest BCUT2D eigenvalue weighted by Crippen LogP contribution is 2.26. The lowest BCUT2D eigenvalue weighted by atomic mass is 10.2. The average Bonchev–Trinajstić information content (AvgIpc) is 3.31. The smallest absolute Gasteiger partial charge is 0.208 e. The zero-order valence-electron chi connectivity index (χ0n) is 11.6. The molecule has 5 rings (SSSR count). The molecule has 4 aromatic heterocycles.